The molecule has 0 saturated heterocycles. The molecule has 1 N–H and O–H groups in total. The average Bonchev–Trinajstić information content (AvgIpc) is 2.11. The Bertz CT molecular complexity index is 232. The maximum Gasteiger partial charge on any atom is 0.397 e. The summed E-state index contributed by atoms with van der Waals surface area (Å²) in [4.78, 5) is 0. The predicted molar refractivity (Wildman–Crippen MR) is 53.8 cm³/mol. The van der Waals surface area contributed by atoms with Crippen molar-refractivity contribution in [1.29, 1.82) is 0 Å². The second kappa shape index (κ2) is 8.00. The molecule has 0 spiro atoms. The van der Waals surface area contributed by atoms with E-state index in [-0.39, 0.29) is 12.9 Å². The smallest absolute Gasteiger partial charge is 0.353 e. The number of hydrogen-bond acceptors (Lipinski definition) is 5. The fourth-order valence-corrected chi connectivity index (χ4v) is 1.33. The third kappa shape index (κ3) is 10.1. The molecule has 0 fully saturated rings. The van der Waals surface area contributed by atoms with Crippen LogP contribution in [-0.2, 0) is 24.1 Å². The third-order valence-electron chi connectivity index (χ3n) is 1.52. The highest BCUT2D eigenvalue weighted by molar-refractivity contribution is 7.80. The first-order valence-electron chi connectivity index (χ1n) is 4.84. The summed E-state index contributed by atoms with van der Waals surface area (Å²) >= 11 is 0. The van der Waals surface area contributed by atoms with E-state index in [9.17, 15) is 8.42 Å². The van der Waals surface area contributed by atoms with Crippen LogP contribution >= 0.6 is 0 Å². The van der Waals surface area contributed by atoms with E-state index in [0.29, 0.717) is 26.1 Å². The van der Waals surface area contributed by atoms with Gasteiger partial charge in [0.25, 0.3) is 0 Å². The second-order valence-electron chi connectivity index (χ2n) is 2.73. The lowest BCUT2D eigenvalue weighted by Crippen LogP contribution is -2.18. The minimum absolute atomic E-state index is 0.0739. The summed E-state index contributed by atoms with van der Waals surface area (Å²) < 4.78 is 43.3. The van der Waals surface area contributed by atoms with Crippen LogP contribution in [0.1, 0.15) is 26.7 Å². The van der Waals surface area contributed by atoms with Crippen molar-refractivity contribution in [1.82, 2.24) is 0 Å². The summed E-state index contributed by atoms with van der Waals surface area (Å²) in [5.74, 6) is 0. The topological polar surface area (TPSA) is 82.1 Å². The lowest BCUT2D eigenvalue weighted by molar-refractivity contribution is -0.140. The monoisotopic (exact) mass is 242 g/mol. The van der Waals surface area contributed by atoms with Crippen LogP contribution in [0.5, 0.6) is 0 Å². The summed E-state index contributed by atoms with van der Waals surface area (Å²) in [7, 11) is -4.33. The van der Waals surface area contributed by atoms with E-state index in [0.717, 1.165) is 0 Å². The van der Waals surface area contributed by atoms with E-state index in [2.05, 4.69) is 4.18 Å². The molecular formula is C8H18O6S. The number of rotatable bonds is 9. The summed E-state index contributed by atoms with van der Waals surface area (Å²) in [5.41, 5.74) is 0. The second-order valence-corrected chi connectivity index (χ2v) is 3.82. The third-order valence-corrected chi connectivity index (χ3v) is 1.99. The first-order chi connectivity index (χ1) is 6.99. The minimum Gasteiger partial charge on any atom is -0.353 e. The van der Waals surface area contributed by atoms with Gasteiger partial charge in [-0.25, -0.2) is 4.18 Å². The van der Waals surface area contributed by atoms with Gasteiger partial charge in [0, 0.05) is 19.6 Å². The van der Waals surface area contributed by atoms with Crippen molar-refractivity contribution in [2.75, 3.05) is 19.8 Å². The Morgan fingerprint density at radius 3 is 2.13 bits per heavy atom. The van der Waals surface area contributed by atoms with Gasteiger partial charge in [-0.2, -0.15) is 8.42 Å². The van der Waals surface area contributed by atoms with E-state index in [1.54, 1.807) is 0 Å². The lowest BCUT2D eigenvalue weighted by Gasteiger charge is -2.16. The normalized spacial score (nSPS) is 12.3. The Balaban J connectivity index is 3.61. The molecule has 0 atom stereocenters. The van der Waals surface area contributed by atoms with Crippen LogP contribution in [0.25, 0.3) is 0 Å². The molecule has 0 aromatic rings. The van der Waals surface area contributed by atoms with Crippen molar-refractivity contribution in [3.63, 3.8) is 0 Å². The zero-order valence-corrected chi connectivity index (χ0v) is 9.83. The Kier molecular flexibility index (Phi) is 7.89. The molecule has 0 radical (unpaired) electrons. The van der Waals surface area contributed by atoms with E-state index < -0.39 is 10.4 Å². The van der Waals surface area contributed by atoms with Gasteiger partial charge in [-0.15, -0.1) is 0 Å². The molecule has 15 heavy (non-hydrogen) atoms. The van der Waals surface area contributed by atoms with E-state index >= 15 is 0 Å². The van der Waals surface area contributed by atoms with Crippen molar-refractivity contribution in [3.8, 4) is 0 Å². The lowest BCUT2D eigenvalue weighted by atomic mass is 10.3. The zero-order valence-electron chi connectivity index (χ0n) is 9.01. The molecule has 0 aliphatic heterocycles. The molecule has 0 aromatic heterocycles. The Morgan fingerprint density at radius 2 is 1.73 bits per heavy atom. The molecule has 7 heteroatoms. The fourth-order valence-electron chi connectivity index (χ4n) is 1.00. The SMILES string of the molecule is CCOC(CCCOS(=O)(=O)O)OCC. The van der Waals surface area contributed by atoms with Crippen LogP contribution in [0.15, 0.2) is 0 Å². The van der Waals surface area contributed by atoms with Gasteiger partial charge in [0.05, 0.1) is 6.61 Å². The molecule has 0 bridgehead atoms. The first-order valence-corrected chi connectivity index (χ1v) is 6.21. The molecule has 0 aromatic carbocycles. The van der Waals surface area contributed by atoms with Crippen LogP contribution in [-0.4, -0.2) is 39.1 Å². The largest absolute Gasteiger partial charge is 0.397 e. The Labute approximate surface area is 90.5 Å². The van der Waals surface area contributed by atoms with Crippen molar-refractivity contribution >= 4 is 10.4 Å². The molecule has 0 unspecified atom stereocenters. The zero-order chi connectivity index (χ0) is 11.7. The molecule has 6 nitrogen and oxygen atoms in total. The molecule has 0 amide bonds. The highest BCUT2D eigenvalue weighted by atomic mass is 32.3. The van der Waals surface area contributed by atoms with Crippen LogP contribution in [0, 0.1) is 0 Å². The van der Waals surface area contributed by atoms with Gasteiger partial charge in [0.15, 0.2) is 6.29 Å². The van der Waals surface area contributed by atoms with Crippen LogP contribution < -0.4 is 0 Å². The molecule has 0 saturated carbocycles. The van der Waals surface area contributed by atoms with E-state index in [1.807, 2.05) is 13.8 Å². The summed E-state index contributed by atoms with van der Waals surface area (Å²) in [6.07, 6.45) is 0.617. The number of hydrogen-bond donors (Lipinski definition) is 1. The summed E-state index contributed by atoms with van der Waals surface area (Å²) in [6, 6.07) is 0. The highest BCUT2D eigenvalue weighted by Crippen LogP contribution is 2.05. The summed E-state index contributed by atoms with van der Waals surface area (Å²) in [5, 5.41) is 0. The molecule has 92 valence electrons. The average molecular weight is 242 g/mol. The molecular weight excluding hydrogens is 224 g/mol. The van der Waals surface area contributed by atoms with Crippen LogP contribution in [0.4, 0.5) is 0 Å². The van der Waals surface area contributed by atoms with Gasteiger partial charge in [-0.1, -0.05) is 0 Å². The van der Waals surface area contributed by atoms with Crippen molar-refractivity contribution in [2.45, 2.75) is 33.0 Å². The minimum atomic E-state index is -4.33. The predicted octanol–water partition coefficient (Wildman–Crippen LogP) is 0.985. The molecule has 0 aliphatic carbocycles. The van der Waals surface area contributed by atoms with Gasteiger partial charge in [0.2, 0.25) is 0 Å². The standard InChI is InChI=1S/C8H18O6S/c1-3-12-8(13-4-2)6-5-7-14-15(9,10)11/h8H,3-7H2,1-2H3,(H,9,10,11). The molecule has 0 rings (SSSR count). The fraction of sp³-hybridized carbons (Fsp3) is 1.00. The van der Waals surface area contributed by atoms with E-state index in [1.165, 1.54) is 0 Å². The highest BCUT2D eigenvalue weighted by Gasteiger charge is 2.09. The Hall–Kier alpha value is -0.210. The van der Waals surface area contributed by atoms with Gasteiger partial charge in [0.1, 0.15) is 0 Å². The Morgan fingerprint density at radius 1 is 1.20 bits per heavy atom. The van der Waals surface area contributed by atoms with Gasteiger partial charge < -0.3 is 9.47 Å². The first kappa shape index (κ1) is 14.8. The molecule has 0 aliphatic rings. The van der Waals surface area contributed by atoms with Gasteiger partial charge in [-0.05, 0) is 20.3 Å². The quantitative estimate of drug-likeness (QED) is 0.369. The van der Waals surface area contributed by atoms with Crippen molar-refractivity contribution < 1.29 is 26.6 Å². The maximum atomic E-state index is 10.2. The van der Waals surface area contributed by atoms with Crippen molar-refractivity contribution in [2.24, 2.45) is 0 Å². The van der Waals surface area contributed by atoms with Crippen molar-refractivity contribution in [3.05, 3.63) is 0 Å². The van der Waals surface area contributed by atoms with Gasteiger partial charge in [-0.3, -0.25) is 4.55 Å². The summed E-state index contributed by atoms with van der Waals surface area (Å²) in [6.45, 7) is 4.69. The van der Waals surface area contributed by atoms with Crippen LogP contribution in [0.2, 0.25) is 0 Å². The van der Waals surface area contributed by atoms with Crippen LogP contribution in [0.3, 0.4) is 0 Å². The molecule has 0 heterocycles. The maximum absolute atomic E-state index is 10.2. The van der Waals surface area contributed by atoms with Gasteiger partial charge >= 0.3 is 10.4 Å². The van der Waals surface area contributed by atoms with E-state index in [4.69, 9.17) is 14.0 Å². The number of ether oxygens (including phenoxy) is 2.